The molecule has 2 aromatic heterocycles. The molecule has 0 amide bonds. The van der Waals surface area contributed by atoms with Gasteiger partial charge in [0.25, 0.3) is 0 Å². The van der Waals surface area contributed by atoms with Gasteiger partial charge in [-0.3, -0.25) is 4.79 Å². The highest BCUT2D eigenvalue weighted by molar-refractivity contribution is 7.17. The average Bonchev–Trinajstić information content (AvgIpc) is 3.31. The van der Waals surface area contributed by atoms with Crippen molar-refractivity contribution in [3.63, 3.8) is 0 Å². The van der Waals surface area contributed by atoms with Crippen LogP contribution in [-0.2, 0) is 23.9 Å². The summed E-state index contributed by atoms with van der Waals surface area (Å²) in [6.07, 6.45) is 1.61. The van der Waals surface area contributed by atoms with Gasteiger partial charge >= 0.3 is 12.1 Å². The zero-order chi connectivity index (χ0) is 25.0. The fourth-order valence-corrected chi connectivity index (χ4v) is 4.40. The topological polar surface area (TPSA) is 90.7 Å². The highest BCUT2D eigenvalue weighted by Crippen LogP contribution is 2.31. The van der Waals surface area contributed by atoms with Crippen molar-refractivity contribution in [3.05, 3.63) is 82.3 Å². The maximum absolute atomic E-state index is 13.0. The highest BCUT2D eigenvalue weighted by atomic mass is 32.1. The molecule has 2 N–H and O–H groups in total. The normalized spacial score (nSPS) is 13.7. The molecule has 7 nitrogen and oxygen atoms in total. The molecule has 0 saturated carbocycles. The van der Waals surface area contributed by atoms with Crippen molar-refractivity contribution < 1.29 is 23.1 Å². The molecule has 182 valence electrons. The summed E-state index contributed by atoms with van der Waals surface area (Å²) >= 11 is 1.48. The van der Waals surface area contributed by atoms with Crippen LogP contribution in [0.2, 0.25) is 0 Å². The van der Waals surface area contributed by atoms with E-state index in [1.54, 1.807) is 18.3 Å². The number of hydrogen-bond donors (Lipinski definition) is 2. The Morgan fingerprint density at radius 1 is 1.17 bits per heavy atom. The monoisotopic (exact) mass is 501 g/mol. The van der Waals surface area contributed by atoms with Crippen molar-refractivity contribution in [2.24, 2.45) is 4.99 Å². The highest BCUT2D eigenvalue weighted by Gasteiger charge is 2.30. The number of benzene rings is 1. The Labute approximate surface area is 203 Å². The molecule has 3 heterocycles. The number of aliphatic carboxylic acids is 1. The standard InChI is InChI=1S/C24H22F3N5O2S/c1-32(14-16-7-5-15(6-8-16)11-22(33)34)23-29-13-19(35-23)18-3-2-4-20(30-18)31-21-12-17(9-10-28-21)24(25,26)27/h4-10,12-13H,2-3,11,14H2,1H3,(H,28,31)(H,33,34). The van der Waals surface area contributed by atoms with Crippen LogP contribution in [0.4, 0.5) is 24.1 Å². The van der Waals surface area contributed by atoms with Crippen molar-refractivity contribution in [2.75, 3.05) is 17.3 Å². The van der Waals surface area contributed by atoms with E-state index in [9.17, 15) is 18.0 Å². The SMILES string of the molecule is CN(Cc1ccc(CC(=O)O)cc1)c1ncc(C2=NC(Nc3cc(C(F)(F)F)ccn3)=CCC2)s1. The second-order valence-corrected chi connectivity index (χ2v) is 9.00. The van der Waals surface area contributed by atoms with Gasteiger partial charge in [-0.05, 0) is 42.2 Å². The number of carbonyl (C=O) groups is 1. The van der Waals surface area contributed by atoms with E-state index in [2.05, 4.69) is 20.3 Å². The predicted octanol–water partition coefficient (Wildman–Crippen LogP) is 5.36. The number of hydrogen-bond acceptors (Lipinski definition) is 7. The molecule has 3 aromatic rings. The summed E-state index contributed by atoms with van der Waals surface area (Å²) in [5, 5.41) is 12.6. The molecule has 0 aliphatic carbocycles. The molecule has 0 spiro atoms. The third kappa shape index (κ3) is 6.44. The summed E-state index contributed by atoms with van der Waals surface area (Å²) in [6.45, 7) is 0.598. The predicted molar refractivity (Wildman–Crippen MR) is 129 cm³/mol. The molecule has 1 aromatic carbocycles. The van der Waals surface area contributed by atoms with E-state index >= 15 is 0 Å². The molecular weight excluding hydrogens is 479 g/mol. The number of carboxylic acids is 1. The van der Waals surface area contributed by atoms with E-state index in [0.717, 1.165) is 45.2 Å². The number of nitrogens with one attached hydrogen (secondary N) is 1. The second kappa shape index (κ2) is 10.3. The summed E-state index contributed by atoms with van der Waals surface area (Å²) in [6, 6.07) is 9.30. The average molecular weight is 502 g/mol. The molecule has 0 unspecified atom stereocenters. The zero-order valence-electron chi connectivity index (χ0n) is 18.7. The molecule has 0 radical (unpaired) electrons. The van der Waals surface area contributed by atoms with Gasteiger partial charge in [0.15, 0.2) is 5.13 Å². The Hall–Kier alpha value is -3.73. The van der Waals surface area contributed by atoms with Crippen LogP contribution in [0.25, 0.3) is 0 Å². The number of thiazole rings is 1. The number of halogens is 3. The van der Waals surface area contributed by atoms with Crippen LogP contribution in [-0.4, -0.2) is 33.8 Å². The first kappa shape index (κ1) is 24.4. The Morgan fingerprint density at radius 2 is 1.91 bits per heavy atom. The number of anilines is 2. The van der Waals surface area contributed by atoms with Crippen LogP contribution < -0.4 is 10.2 Å². The van der Waals surface area contributed by atoms with E-state index in [1.807, 2.05) is 30.2 Å². The van der Waals surface area contributed by atoms with Crippen LogP contribution in [0.15, 0.2) is 65.7 Å². The van der Waals surface area contributed by atoms with Gasteiger partial charge in [0.1, 0.15) is 11.6 Å². The summed E-state index contributed by atoms with van der Waals surface area (Å²) in [5.41, 5.74) is 1.80. The molecule has 4 rings (SSSR count). The van der Waals surface area contributed by atoms with Gasteiger partial charge in [-0.2, -0.15) is 13.2 Å². The van der Waals surface area contributed by atoms with Gasteiger partial charge < -0.3 is 15.3 Å². The van der Waals surface area contributed by atoms with Crippen LogP contribution in [0.3, 0.4) is 0 Å². The number of nitrogens with zero attached hydrogens (tertiary/aromatic N) is 4. The van der Waals surface area contributed by atoms with Crippen molar-refractivity contribution >= 4 is 34.0 Å². The number of aliphatic imine (C=N–C) groups is 1. The summed E-state index contributed by atoms with van der Waals surface area (Å²) in [7, 11) is 1.92. The Balaban J connectivity index is 1.42. The molecular formula is C24H22F3N5O2S. The number of allylic oxidation sites excluding steroid dienone is 1. The first-order chi connectivity index (χ1) is 16.7. The Bertz CT molecular complexity index is 1270. The van der Waals surface area contributed by atoms with Gasteiger partial charge in [0.2, 0.25) is 0 Å². The fraction of sp³-hybridized carbons (Fsp3) is 0.250. The maximum Gasteiger partial charge on any atom is 0.416 e. The zero-order valence-corrected chi connectivity index (χ0v) is 19.5. The molecule has 0 bridgehead atoms. The van der Waals surface area contributed by atoms with Gasteiger partial charge in [-0.1, -0.05) is 35.6 Å². The lowest BCUT2D eigenvalue weighted by atomic mass is 10.1. The number of carboxylic acid groups (broad SMARTS) is 1. The number of aromatic nitrogens is 2. The van der Waals surface area contributed by atoms with E-state index < -0.39 is 17.7 Å². The van der Waals surface area contributed by atoms with E-state index in [0.29, 0.717) is 25.2 Å². The second-order valence-electron chi connectivity index (χ2n) is 7.99. The number of alkyl halides is 3. The minimum atomic E-state index is -4.44. The minimum Gasteiger partial charge on any atom is -0.481 e. The van der Waals surface area contributed by atoms with Crippen LogP contribution >= 0.6 is 11.3 Å². The third-order valence-corrected chi connectivity index (χ3v) is 6.38. The van der Waals surface area contributed by atoms with Crippen molar-refractivity contribution in [3.8, 4) is 0 Å². The Morgan fingerprint density at radius 3 is 2.63 bits per heavy atom. The number of rotatable bonds is 8. The lowest BCUT2D eigenvalue weighted by Gasteiger charge is -2.16. The molecule has 35 heavy (non-hydrogen) atoms. The Kier molecular flexibility index (Phi) is 7.15. The molecule has 11 heteroatoms. The van der Waals surface area contributed by atoms with Crippen LogP contribution in [0, 0.1) is 0 Å². The smallest absolute Gasteiger partial charge is 0.416 e. The molecule has 1 aliphatic heterocycles. The largest absolute Gasteiger partial charge is 0.481 e. The fourth-order valence-electron chi connectivity index (χ4n) is 3.51. The molecule has 0 fully saturated rings. The summed E-state index contributed by atoms with van der Waals surface area (Å²) < 4.78 is 38.9. The van der Waals surface area contributed by atoms with Gasteiger partial charge in [0, 0.05) is 26.0 Å². The summed E-state index contributed by atoms with van der Waals surface area (Å²) in [4.78, 5) is 26.8. The maximum atomic E-state index is 13.0. The summed E-state index contributed by atoms with van der Waals surface area (Å²) in [5.74, 6) is -0.340. The quantitative estimate of drug-likeness (QED) is 0.432. The lowest BCUT2D eigenvalue weighted by molar-refractivity contribution is -0.138. The lowest BCUT2D eigenvalue weighted by Crippen LogP contribution is -2.16. The number of pyridine rings is 1. The van der Waals surface area contributed by atoms with Gasteiger partial charge in [-0.15, -0.1) is 0 Å². The molecule has 1 aliphatic rings. The van der Waals surface area contributed by atoms with Gasteiger partial charge in [-0.25, -0.2) is 15.0 Å². The van der Waals surface area contributed by atoms with E-state index in [-0.39, 0.29) is 12.2 Å². The van der Waals surface area contributed by atoms with Crippen molar-refractivity contribution in [1.29, 1.82) is 0 Å². The van der Waals surface area contributed by atoms with Crippen molar-refractivity contribution in [1.82, 2.24) is 9.97 Å². The molecule has 0 saturated heterocycles. The minimum absolute atomic E-state index is 0.0107. The molecule has 0 atom stereocenters. The van der Waals surface area contributed by atoms with Crippen LogP contribution in [0.5, 0.6) is 0 Å². The van der Waals surface area contributed by atoms with Crippen molar-refractivity contribution in [2.45, 2.75) is 32.0 Å². The van der Waals surface area contributed by atoms with Gasteiger partial charge in [0.05, 0.1) is 22.6 Å². The third-order valence-electron chi connectivity index (χ3n) is 5.22. The van der Waals surface area contributed by atoms with E-state index in [1.165, 1.54) is 11.3 Å². The first-order valence-electron chi connectivity index (χ1n) is 10.7. The first-order valence-corrected chi connectivity index (χ1v) is 11.5. The van der Waals surface area contributed by atoms with Crippen LogP contribution in [0.1, 0.15) is 34.4 Å². The van der Waals surface area contributed by atoms with E-state index in [4.69, 9.17) is 5.11 Å².